The van der Waals surface area contributed by atoms with E-state index in [1.54, 1.807) is 13.0 Å². The lowest BCUT2D eigenvalue weighted by Crippen LogP contribution is -2.29. The Morgan fingerprint density at radius 1 is 1.24 bits per heavy atom. The number of benzene rings is 1. The van der Waals surface area contributed by atoms with Crippen LogP contribution >= 0.6 is 0 Å². The molecule has 2 rings (SSSR count). The van der Waals surface area contributed by atoms with E-state index in [1.807, 2.05) is 0 Å². The molecule has 0 aliphatic heterocycles. The minimum absolute atomic E-state index is 0.412. The lowest BCUT2D eigenvalue weighted by Gasteiger charge is -2.16. The summed E-state index contributed by atoms with van der Waals surface area (Å²) in [5.41, 5.74) is 3.68. The molecule has 0 radical (unpaired) electrons. The Morgan fingerprint density at radius 2 is 1.88 bits per heavy atom. The van der Waals surface area contributed by atoms with Gasteiger partial charge in [0.15, 0.2) is 0 Å². The minimum atomic E-state index is -0.638. The smallest absolute Gasteiger partial charge is 0.126 e. The quantitative estimate of drug-likeness (QED) is 0.637. The molecule has 0 aliphatic carbocycles. The summed E-state index contributed by atoms with van der Waals surface area (Å²) in [6.07, 6.45) is 1.50. The van der Waals surface area contributed by atoms with Crippen molar-refractivity contribution in [2.45, 2.75) is 13.0 Å². The van der Waals surface area contributed by atoms with Gasteiger partial charge in [-0.05, 0) is 30.7 Å². The SMILES string of the molecule is Cc1occc1C(NN)c1cc(F)cc(F)c1. The highest BCUT2D eigenvalue weighted by Crippen LogP contribution is 2.26. The molecule has 0 amide bonds. The number of hydrogen-bond donors (Lipinski definition) is 2. The first kappa shape index (κ1) is 11.8. The van der Waals surface area contributed by atoms with Crippen LogP contribution in [0.15, 0.2) is 34.9 Å². The van der Waals surface area contributed by atoms with Crippen molar-refractivity contribution < 1.29 is 13.2 Å². The average Bonchev–Trinajstić information content (AvgIpc) is 2.65. The molecule has 0 saturated heterocycles. The van der Waals surface area contributed by atoms with Gasteiger partial charge in [-0.25, -0.2) is 14.2 Å². The Hall–Kier alpha value is -1.72. The fourth-order valence-corrected chi connectivity index (χ4v) is 1.80. The molecule has 0 saturated carbocycles. The van der Waals surface area contributed by atoms with Gasteiger partial charge in [-0.3, -0.25) is 5.84 Å². The van der Waals surface area contributed by atoms with Gasteiger partial charge in [-0.1, -0.05) is 0 Å². The predicted molar refractivity (Wildman–Crippen MR) is 59.0 cm³/mol. The van der Waals surface area contributed by atoms with Gasteiger partial charge in [0.25, 0.3) is 0 Å². The van der Waals surface area contributed by atoms with E-state index >= 15 is 0 Å². The van der Waals surface area contributed by atoms with Crippen LogP contribution in [0.2, 0.25) is 0 Å². The Labute approximate surface area is 97.2 Å². The van der Waals surface area contributed by atoms with Gasteiger partial charge in [0, 0.05) is 11.6 Å². The van der Waals surface area contributed by atoms with Crippen LogP contribution in [0.3, 0.4) is 0 Å². The average molecular weight is 238 g/mol. The topological polar surface area (TPSA) is 51.2 Å². The largest absolute Gasteiger partial charge is 0.469 e. The molecule has 0 bridgehead atoms. The number of furan rings is 1. The zero-order valence-electron chi connectivity index (χ0n) is 9.21. The molecule has 0 fully saturated rings. The molecule has 2 aromatic rings. The first-order valence-corrected chi connectivity index (χ1v) is 5.08. The van der Waals surface area contributed by atoms with Gasteiger partial charge in [0.1, 0.15) is 17.4 Å². The van der Waals surface area contributed by atoms with E-state index in [4.69, 9.17) is 10.3 Å². The van der Waals surface area contributed by atoms with E-state index in [0.717, 1.165) is 11.6 Å². The van der Waals surface area contributed by atoms with Gasteiger partial charge < -0.3 is 4.42 Å². The van der Waals surface area contributed by atoms with Gasteiger partial charge >= 0.3 is 0 Å². The third kappa shape index (κ3) is 2.35. The number of hydrogen-bond acceptors (Lipinski definition) is 3. The van der Waals surface area contributed by atoms with Crippen LogP contribution in [0, 0.1) is 18.6 Å². The second-order valence-corrected chi connectivity index (χ2v) is 3.73. The second kappa shape index (κ2) is 4.65. The van der Waals surface area contributed by atoms with E-state index in [1.165, 1.54) is 18.4 Å². The Morgan fingerprint density at radius 3 is 2.35 bits per heavy atom. The van der Waals surface area contributed by atoms with Crippen LogP contribution in [-0.4, -0.2) is 0 Å². The maximum atomic E-state index is 13.1. The van der Waals surface area contributed by atoms with Crippen LogP contribution in [0.25, 0.3) is 0 Å². The molecule has 1 atom stereocenters. The highest BCUT2D eigenvalue weighted by atomic mass is 19.1. The summed E-state index contributed by atoms with van der Waals surface area (Å²) in [5.74, 6) is 4.80. The summed E-state index contributed by atoms with van der Waals surface area (Å²) < 4.78 is 31.4. The zero-order chi connectivity index (χ0) is 12.4. The predicted octanol–water partition coefficient (Wildman–Crippen LogP) is 2.42. The molecule has 0 aliphatic rings. The molecular formula is C12H12F2N2O. The standard InChI is InChI=1S/C12H12F2N2O/c1-7-11(2-3-17-7)12(16-15)8-4-9(13)6-10(14)5-8/h2-6,12,16H,15H2,1H3. The van der Waals surface area contributed by atoms with Crippen molar-refractivity contribution >= 4 is 0 Å². The monoisotopic (exact) mass is 238 g/mol. The summed E-state index contributed by atoms with van der Waals surface area (Å²) in [6.45, 7) is 1.76. The highest BCUT2D eigenvalue weighted by Gasteiger charge is 2.18. The lowest BCUT2D eigenvalue weighted by molar-refractivity contribution is 0.517. The van der Waals surface area contributed by atoms with Gasteiger partial charge in [0.05, 0.1) is 12.3 Å². The van der Waals surface area contributed by atoms with E-state index in [0.29, 0.717) is 11.3 Å². The molecule has 5 heteroatoms. The van der Waals surface area contributed by atoms with Crippen molar-refractivity contribution in [2.75, 3.05) is 0 Å². The molecule has 1 aromatic heterocycles. The van der Waals surface area contributed by atoms with Gasteiger partial charge in [-0.15, -0.1) is 0 Å². The second-order valence-electron chi connectivity index (χ2n) is 3.73. The van der Waals surface area contributed by atoms with E-state index in [-0.39, 0.29) is 0 Å². The van der Waals surface area contributed by atoms with Crippen molar-refractivity contribution in [1.82, 2.24) is 5.43 Å². The normalized spacial score (nSPS) is 12.7. The lowest BCUT2D eigenvalue weighted by atomic mass is 10.00. The van der Waals surface area contributed by atoms with Crippen molar-refractivity contribution in [2.24, 2.45) is 5.84 Å². The summed E-state index contributed by atoms with van der Waals surface area (Å²) >= 11 is 0. The molecule has 1 unspecified atom stereocenters. The minimum Gasteiger partial charge on any atom is -0.469 e. The molecule has 90 valence electrons. The Balaban J connectivity index is 2.45. The maximum Gasteiger partial charge on any atom is 0.126 e. The Bertz CT molecular complexity index is 505. The third-order valence-electron chi connectivity index (χ3n) is 2.59. The van der Waals surface area contributed by atoms with Crippen LogP contribution in [-0.2, 0) is 0 Å². The molecule has 17 heavy (non-hydrogen) atoms. The number of nitrogens with two attached hydrogens (primary N) is 1. The molecule has 1 aromatic carbocycles. The molecule has 0 spiro atoms. The summed E-state index contributed by atoms with van der Waals surface area (Å²) in [6, 6.07) is 4.50. The molecule has 1 heterocycles. The fraction of sp³-hybridized carbons (Fsp3) is 0.167. The first-order chi connectivity index (χ1) is 8.11. The summed E-state index contributed by atoms with van der Waals surface area (Å²) in [5, 5.41) is 0. The molecule has 3 N–H and O–H groups in total. The van der Waals surface area contributed by atoms with E-state index in [2.05, 4.69) is 5.43 Å². The Kier molecular flexibility index (Phi) is 3.21. The first-order valence-electron chi connectivity index (χ1n) is 5.08. The van der Waals surface area contributed by atoms with Gasteiger partial charge in [0.2, 0.25) is 0 Å². The number of aryl methyl sites for hydroxylation is 1. The fourth-order valence-electron chi connectivity index (χ4n) is 1.80. The summed E-state index contributed by atoms with van der Waals surface area (Å²) in [4.78, 5) is 0. The summed E-state index contributed by atoms with van der Waals surface area (Å²) in [7, 11) is 0. The highest BCUT2D eigenvalue weighted by molar-refractivity contribution is 5.33. The van der Waals surface area contributed by atoms with E-state index in [9.17, 15) is 8.78 Å². The molecule has 3 nitrogen and oxygen atoms in total. The van der Waals surface area contributed by atoms with Crippen LogP contribution in [0.4, 0.5) is 8.78 Å². The zero-order valence-corrected chi connectivity index (χ0v) is 9.21. The number of rotatable bonds is 3. The van der Waals surface area contributed by atoms with Crippen LogP contribution < -0.4 is 11.3 Å². The van der Waals surface area contributed by atoms with Crippen molar-refractivity contribution in [3.63, 3.8) is 0 Å². The molecular weight excluding hydrogens is 226 g/mol. The van der Waals surface area contributed by atoms with Crippen molar-refractivity contribution in [3.8, 4) is 0 Å². The number of halogens is 2. The number of hydrazine groups is 1. The van der Waals surface area contributed by atoms with Crippen molar-refractivity contribution in [1.29, 1.82) is 0 Å². The van der Waals surface area contributed by atoms with Gasteiger partial charge in [-0.2, -0.15) is 0 Å². The van der Waals surface area contributed by atoms with Crippen LogP contribution in [0.1, 0.15) is 22.9 Å². The maximum absolute atomic E-state index is 13.1. The number of nitrogens with one attached hydrogen (secondary N) is 1. The third-order valence-corrected chi connectivity index (χ3v) is 2.59. The van der Waals surface area contributed by atoms with Crippen LogP contribution in [0.5, 0.6) is 0 Å². The van der Waals surface area contributed by atoms with Crippen molar-refractivity contribution in [3.05, 3.63) is 59.1 Å². The van der Waals surface area contributed by atoms with E-state index < -0.39 is 17.7 Å².